The van der Waals surface area contributed by atoms with E-state index in [-0.39, 0.29) is 0 Å². The minimum atomic E-state index is 0.521. The SMILES string of the molecule is Cc1ccc(/C=C\NC=O)c(C)c1C(C)C. The zero-order valence-electron chi connectivity index (χ0n) is 10.4. The van der Waals surface area contributed by atoms with Gasteiger partial charge in [0.1, 0.15) is 0 Å². The van der Waals surface area contributed by atoms with Crippen LogP contribution in [0.1, 0.15) is 42.0 Å². The number of amides is 1. The van der Waals surface area contributed by atoms with Gasteiger partial charge in [0.25, 0.3) is 0 Å². The highest BCUT2D eigenvalue weighted by Gasteiger charge is 2.08. The third kappa shape index (κ3) is 2.72. The highest BCUT2D eigenvalue weighted by Crippen LogP contribution is 2.26. The summed E-state index contributed by atoms with van der Waals surface area (Å²) in [4.78, 5) is 10.1. The van der Waals surface area contributed by atoms with Crippen molar-refractivity contribution in [1.82, 2.24) is 5.32 Å². The number of carbonyl (C=O) groups is 1. The molecule has 0 saturated carbocycles. The lowest BCUT2D eigenvalue weighted by atomic mass is 9.90. The molecule has 0 aliphatic carbocycles. The second-order valence-electron chi connectivity index (χ2n) is 4.28. The molecule has 1 amide bonds. The van der Waals surface area contributed by atoms with Crippen molar-refractivity contribution in [3.8, 4) is 0 Å². The molecule has 0 atom stereocenters. The first-order valence-electron chi connectivity index (χ1n) is 5.54. The van der Waals surface area contributed by atoms with Gasteiger partial charge in [0.2, 0.25) is 6.41 Å². The van der Waals surface area contributed by atoms with Crippen molar-refractivity contribution in [2.24, 2.45) is 0 Å². The van der Waals surface area contributed by atoms with Gasteiger partial charge in [-0.1, -0.05) is 26.0 Å². The van der Waals surface area contributed by atoms with Crippen molar-refractivity contribution in [2.75, 3.05) is 0 Å². The number of carbonyl (C=O) groups excluding carboxylic acids is 1. The summed E-state index contributed by atoms with van der Waals surface area (Å²) in [6.45, 7) is 8.67. The summed E-state index contributed by atoms with van der Waals surface area (Å²) in [6.07, 6.45) is 4.26. The topological polar surface area (TPSA) is 29.1 Å². The second-order valence-corrected chi connectivity index (χ2v) is 4.28. The van der Waals surface area contributed by atoms with Gasteiger partial charge in [0.05, 0.1) is 0 Å². The highest BCUT2D eigenvalue weighted by atomic mass is 16.1. The number of nitrogens with one attached hydrogen (secondary N) is 1. The molecule has 0 fully saturated rings. The fourth-order valence-electron chi connectivity index (χ4n) is 2.13. The van der Waals surface area contributed by atoms with Gasteiger partial charge in [-0.3, -0.25) is 4.79 Å². The summed E-state index contributed by atoms with van der Waals surface area (Å²) in [5.41, 5.74) is 5.17. The van der Waals surface area contributed by atoms with Gasteiger partial charge >= 0.3 is 0 Å². The monoisotopic (exact) mass is 217 g/mol. The van der Waals surface area contributed by atoms with Crippen LogP contribution in [0.4, 0.5) is 0 Å². The largest absolute Gasteiger partial charge is 0.335 e. The Balaban J connectivity index is 3.13. The Hall–Kier alpha value is -1.57. The lowest BCUT2D eigenvalue weighted by molar-refractivity contribution is -0.108. The predicted octanol–water partition coefficient (Wildman–Crippen LogP) is 3.14. The van der Waals surface area contributed by atoms with Crippen molar-refractivity contribution in [3.63, 3.8) is 0 Å². The zero-order chi connectivity index (χ0) is 12.1. The van der Waals surface area contributed by atoms with Crippen LogP contribution in [0.25, 0.3) is 6.08 Å². The Kier molecular flexibility index (Phi) is 4.29. The number of aryl methyl sites for hydroxylation is 1. The van der Waals surface area contributed by atoms with Crippen LogP contribution in [0.2, 0.25) is 0 Å². The lowest BCUT2D eigenvalue weighted by Crippen LogP contribution is -2.00. The normalized spacial score (nSPS) is 11.1. The molecular weight excluding hydrogens is 198 g/mol. The van der Waals surface area contributed by atoms with Crippen LogP contribution < -0.4 is 5.32 Å². The number of benzene rings is 1. The Morgan fingerprint density at radius 1 is 1.25 bits per heavy atom. The van der Waals surface area contributed by atoms with E-state index in [1.165, 1.54) is 16.7 Å². The van der Waals surface area contributed by atoms with Gasteiger partial charge in [-0.2, -0.15) is 0 Å². The van der Waals surface area contributed by atoms with Crippen molar-refractivity contribution in [3.05, 3.63) is 40.6 Å². The first kappa shape index (κ1) is 12.5. The van der Waals surface area contributed by atoms with Crippen LogP contribution in [-0.4, -0.2) is 6.41 Å². The predicted molar refractivity (Wildman–Crippen MR) is 68.2 cm³/mol. The van der Waals surface area contributed by atoms with Crippen molar-refractivity contribution in [1.29, 1.82) is 0 Å². The minimum Gasteiger partial charge on any atom is -0.335 e. The van der Waals surface area contributed by atoms with Gasteiger partial charge in [-0.15, -0.1) is 0 Å². The first-order chi connectivity index (χ1) is 7.57. The molecule has 1 rings (SSSR count). The van der Waals surface area contributed by atoms with Crippen LogP contribution in [0.5, 0.6) is 0 Å². The van der Waals surface area contributed by atoms with E-state index in [0.29, 0.717) is 12.3 Å². The maximum Gasteiger partial charge on any atom is 0.211 e. The van der Waals surface area contributed by atoms with E-state index in [0.717, 1.165) is 5.56 Å². The van der Waals surface area contributed by atoms with E-state index < -0.39 is 0 Å². The average Bonchev–Trinajstić information content (AvgIpc) is 2.21. The van der Waals surface area contributed by atoms with E-state index >= 15 is 0 Å². The van der Waals surface area contributed by atoms with E-state index in [1.54, 1.807) is 6.20 Å². The Labute approximate surface area is 97.4 Å². The molecule has 0 spiro atoms. The van der Waals surface area contributed by atoms with E-state index in [2.05, 4.69) is 45.1 Å². The Bertz CT molecular complexity index is 405. The van der Waals surface area contributed by atoms with Crippen LogP contribution in [0, 0.1) is 13.8 Å². The molecule has 0 aliphatic heterocycles. The first-order valence-corrected chi connectivity index (χ1v) is 5.54. The molecule has 86 valence electrons. The van der Waals surface area contributed by atoms with Crippen molar-refractivity contribution < 1.29 is 4.79 Å². The highest BCUT2D eigenvalue weighted by molar-refractivity contribution is 5.60. The molecule has 16 heavy (non-hydrogen) atoms. The standard InChI is InChI=1S/C14H19NO/c1-10(2)14-11(3)5-6-13(12(14)4)7-8-15-9-16/h5-10H,1-4H3,(H,15,16)/b8-7-. The second kappa shape index (κ2) is 5.50. The van der Waals surface area contributed by atoms with E-state index in [4.69, 9.17) is 0 Å². The maximum atomic E-state index is 10.1. The van der Waals surface area contributed by atoms with Gasteiger partial charge in [-0.05, 0) is 48.1 Å². The molecule has 0 bridgehead atoms. The summed E-state index contributed by atoms with van der Waals surface area (Å²) >= 11 is 0. The van der Waals surface area contributed by atoms with Gasteiger partial charge < -0.3 is 5.32 Å². The summed E-state index contributed by atoms with van der Waals surface area (Å²) < 4.78 is 0. The molecular formula is C14H19NO. The molecule has 0 aromatic heterocycles. The van der Waals surface area contributed by atoms with Crippen LogP contribution in [0.3, 0.4) is 0 Å². The zero-order valence-corrected chi connectivity index (χ0v) is 10.4. The van der Waals surface area contributed by atoms with Gasteiger partial charge in [0.15, 0.2) is 0 Å². The summed E-state index contributed by atoms with van der Waals surface area (Å²) in [5.74, 6) is 0.521. The number of hydrogen-bond donors (Lipinski definition) is 1. The molecule has 0 saturated heterocycles. The third-order valence-electron chi connectivity index (χ3n) is 2.78. The van der Waals surface area contributed by atoms with E-state index in [1.807, 2.05) is 6.08 Å². The number of hydrogen-bond acceptors (Lipinski definition) is 1. The molecule has 0 unspecified atom stereocenters. The van der Waals surface area contributed by atoms with Crippen LogP contribution >= 0.6 is 0 Å². The van der Waals surface area contributed by atoms with Gasteiger partial charge in [-0.25, -0.2) is 0 Å². The third-order valence-corrected chi connectivity index (χ3v) is 2.78. The molecule has 1 aromatic carbocycles. The molecule has 2 nitrogen and oxygen atoms in total. The summed E-state index contributed by atoms with van der Waals surface area (Å²) in [6, 6.07) is 4.21. The van der Waals surface area contributed by atoms with Crippen LogP contribution in [-0.2, 0) is 4.79 Å². The van der Waals surface area contributed by atoms with Crippen molar-refractivity contribution >= 4 is 12.5 Å². The summed E-state index contributed by atoms with van der Waals surface area (Å²) in [5, 5.41) is 2.53. The fourth-order valence-corrected chi connectivity index (χ4v) is 2.13. The Morgan fingerprint density at radius 2 is 1.94 bits per heavy atom. The van der Waals surface area contributed by atoms with E-state index in [9.17, 15) is 4.79 Å². The van der Waals surface area contributed by atoms with Crippen molar-refractivity contribution in [2.45, 2.75) is 33.6 Å². The maximum absolute atomic E-state index is 10.1. The quantitative estimate of drug-likeness (QED) is 0.771. The molecule has 0 heterocycles. The number of rotatable bonds is 4. The lowest BCUT2D eigenvalue weighted by Gasteiger charge is -2.15. The molecule has 1 aromatic rings. The minimum absolute atomic E-state index is 0.521. The van der Waals surface area contributed by atoms with Gasteiger partial charge in [0, 0.05) is 6.20 Å². The molecule has 0 radical (unpaired) electrons. The smallest absolute Gasteiger partial charge is 0.211 e. The average molecular weight is 217 g/mol. The molecule has 2 heteroatoms. The fraction of sp³-hybridized carbons (Fsp3) is 0.357. The summed E-state index contributed by atoms with van der Waals surface area (Å²) in [7, 11) is 0. The molecule has 1 N–H and O–H groups in total. The molecule has 0 aliphatic rings. The van der Waals surface area contributed by atoms with Crippen LogP contribution in [0.15, 0.2) is 18.3 Å². The Morgan fingerprint density at radius 3 is 2.50 bits per heavy atom.